The van der Waals surface area contributed by atoms with Crippen molar-refractivity contribution in [2.24, 2.45) is 0 Å². The average molecular weight is 236 g/mol. The molecule has 0 fully saturated rings. The number of ether oxygens (including phenoxy) is 1. The number of hydrogen-bond acceptors (Lipinski definition) is 2. The van der Waals surface area contributed by atoms with Gasteiger partial charge in [-0.15, -0.1) is 0 Å². The number of esters is 1. The van der Waals surface area contributed by atoms with Gasteiger partial charge in [0, 0.05) is 5.56 Å². The lowest BCUT2D eigenvalue weighted by molar-refractivity contribution is 0.0601. The number of fused-ring (bicyclic) bond motifs is 1. The van der Waals surface area contributed by atoms with E-state index in [1.807, 2.05) is 0 Å². The molecule has 0 atom stereocenters. The van der Waals surface area contributed by atoms with Crippen molar-refractivity contribution in [1.82, 2.24) is 0 Å². The van der Waals surface area contributed by atoms with Gasteiger partial charge in [-0.1, -0.05) is 18.2 Å². The highest BCUT2D eigenvalue weighted by atomic mass is 19.3. The molecule has 2 aromatic carbocycles. The quantitative estimate of drug-likeness (QED) is 0.745. The Bertz CT molecular complexity index is 564. The average Bonchev–Trinajstić information content (AvgIpc) is 2.36. The van der Waals surface area contributed by atoms with Crippen LogP contribution in [0.5, 0.6) is 0 Å². The lowest BCUT2D eigenvalue weighted by atomic mass is 10.0. The van der Waals surface area contributed by atoms with Crippen LogP contribution in [-0.2, 0) is 4.74 Å². The molecular formula is C13H10F2O2. The maximum absolute atomic E-state index is 12.5. The fourth-order valence-corrected chi connectivity index (χ4v) is 1.64. The second-order valence-electron chi connectivity index (χ2n) is 3.61. The summed E-state index contributed by atoms with van der Waals surface area (Å²) in [5.74, 6) is -0.440. The third-order valence-corrected chi connectivity index (χ3v) is 2.54. The fourth-order valence-electron chi connectivity index (χ4n) is 1.64. The van der Waals surface area contributed by atoms with E-state index in [2.05, 4.69) is 4.74 Å². The molecule has 0 spiro atoms. The second kappa shape index (κ2) is 4.49. The molecule has 17 heavy (non-hydrogen) atoms. The highest BCUT2D eigenvalue weighted by Crippen LogP contribution is 2.24. The second-order valence-corrected chi connectivity index (χ2v) is 3.61. The summed E-state index contributed by atoms with van der Waals surface area (Å²) in [6, 6.07) is 9.16. The van der Waals surface area contributed by atoms with Gasteiger partial charge in [0.1, 0.15) is 0 Å². The maximum Gasteiger partial charge on any atom is 0.337 e. The number of alkyl halides is 2. The Hall–Kier alpha value is -1.97. The van der Waals surface area contributed by atoms with Gasteiger partial charge in [0.25, 0.3) is 6.43 Å². The molecule has 4 heteroatoms. The van der Waals surface area contributed by atoms with Gasteiger partial charge >= 0.3 is 5.97 Å². The molecular weight excluding hydrogens is 226 g/mol. The zero-order chi connectivity index (χ0) is 12.4. The molecule has 0 aliphatic heterocycles. The van der Waals surface area contributed by atoms with Crippen LogP contribution < -0.4 is 0 Å². The number of carbonyl (C=O) groups excluding carboxylic acids is 1. The topological polar surface area (TPSA) is 26.3 Å². The Kier molecular flexibility index (Phi) is 3.04. The highest BCUT2D eigenvalue weighted by Gasteiger charge is 2.09. The van der Waals surface area contributed by atoms with Crippen LogP contribution in [0.1, 0.15) is 22.3 Å². The van der Waals surface area contributed by atoms with E-state index in [0.29, 0.717) is 10.9 Å². The Labute approximate surface area is 96.8 Å². The number of hydrogen-bond donors (Lipinski definition) is 0. The first kappa shape index (κ1) is 11.5. The summed E-state index contributed by atoms with van der Waals surface area (Å²) in [4.78, 5) is 11.3. The van der Waals surface area contributed by atoms with Gasteiger partial charge in [0.15, 0.2) is 0 Å². The standard InChI is InChI=1S/C13H10F2O2/c1-17-13(16)11-5-3-8-6-10(12(14)15)4-2-9(8)7-11/h2-7,12H,1H3. The molecule has 0 radical (unpaired) electrons. The monoisotopic (exact) mass is 236 g/mol. The summed E-state index contributed by atoms with van der Waals surface area (Å²) < 4.78 is 29.6. The van der Waals surface area contributed by atoms with Crippen molar-refractivity contribution in [3.63, 3.8) is 0 Å². The van der Waals surface area contributed by atoms with Gasteiger partial charge in [-0.25, -0.2) is 13.6 Å². The van der Waals surface area contributed by atoms with Crippen molar-refractivity contribution < 1.29 is 18.3 Å². The van der Waals surface area contributed by atoms with E-state index in [-0.39, 0.29) is 5.56 Å². The van der Waals surface area contributed by atoms with Crippen LogP contribution in [0.15, 0.2) is 36.4 Å². The number of methoxy groups -OCH3 is 1. The van der Waals surface area contributed by atoms with E-state index < -0.39 is 12.4 Å². The number of carbonyl (C=O) groups is 1. The molecule has 88 valence electrons. The molecule has 2 aromatic rings. The summed E-state index contributed by atoms with van der Waals surface area (Å²) in [6.07, 6.45) is -2.49. The summed E-state index contributed by atoms with van der Waals surface area (Å²) in [5, 5.41) is 1.41. The molecule has 2 nitrogen and oxygen atoms in total. The molecule has 0 saturated carbocycles. The van der Waals surface area contributed by atoms with Gasteiger partial charge in [0.05, 0.1) is 12.7 Å². The first-order chi connectivity index (χ1) is 8.11. The molecule has 0 aliphatic rings. The van der Waals surface area contributed by atoms with E-state index in [1.54, 1.807) is 24.3 Å². The molecule has 0 N–H and O–H groups in total. The smallest absolute Gasteiger partial charge is 0.337 e. The number of rotatable bonds is 2. The number of benzene rings is 2. The minimum atomic E-state index is -2.49. The van der Waals surface area contributed by atoms with Crippen molar-refractivity contribution in [2.75, 3.05) is 7.11 Å². The Balaban J connectivity index is 2.50. The summed E-state index contributed by atoms with van der Waals surface area (Å²) >= 11 is 0. The van der Waals surface area contributed by atoms with Crippen molar-refractivity contribution >= 4 is 16.7 Å². The first-order valence-corrected chi connectivity index (χ1v) is 5.02. The van der Waals surface area contributed by atoms with Gasteiger partial charge in [-0.05, 0) is 29.0 Å². The zero-order valence-corrected chi connectivity index (χ0v) is 9.11. The zero-order valence-electron chi connectivity index (χ0n) is 9.11. The molecule has 0 aromatic heterocycles. The highest BCUT2D eigenvalue weighted by molar-refractivity contribution is 5.95. The Morgan fingerprint density at radius 3 is 2.41 bits per heavy atom. The lowest BCUT2D eigenvalue weighted by Gasteiger charge is -2.04. The van der Waals surface area contributed by atoms with Crippen LogP contribution in [0.4, 0.5) is 8.78 Å². The minimum Gasteiger partial charge on any atom is -0.465 e. The minimum absolute atomic E-state index is 0.0247. The van der Waals surface area contributed by atoms with E-state index >= 15 is 0 Å². The predicted octanol–water partition coefficient (Wildman–Crippen LogP) is 3.56. The van der Waals surface area contributed by atoms with Crippen molar-refractivity contribution in [1.29, 1.82) is 0 Å². The van der Waals surface area contributed by atoms with Crippen molar-refractivity contribution in [3.05, 3.63) is 47.5 Å². The normalized spacial score (nSPS) is 10.8. The summed E-state index contributed by atoms with van der Waals surface area (Å²) in [7, 11) is 1.30. The molecule has 0 unspecified atom stereocenters. The maximum atomic E-state index is 12.5. The Morgan fingerprint density at radius 1 is 1.12 bits per heavy atom. The third kappa shape index (κ3) is 2.25. The third-order valence-electron chi connectivity index (χ3n) is 2.54. The number of halogens is 2. The van der Waals surface area contributed by atoms with Crippen LogP contribution in [0.2, 0.25) is 0 Å². The van der Waals surface area contributed by atoms with Gasteiger partial charge in [-0.2, -0.15) is 0 Å². The summed E-state index contributed by atoms with van der Waals surface area (Å²) in [6.45, 7) is 0. The van der Waals surface area contributed by atoms with Crippen LogP contribution in [0.25, 0.3) is 10.8 Å². The van der Waals surface area contributed by atoms with E-state index in [4.69, 9.17) is 0 Å². The van der Waals surface area contributed by atoms with Crippen LogP contribution >= 0.6 is 0 Å². The van der Waals surface area contributed by atoms with Gasteiger partial charge in [0.2, 0.25) is 0 Å². The van der Waals surface area contributed by atoms with Crippen LogP contribution in [-0.4, -0.2) is 13.1 Å². The summed E-state index contributed by atoms with van der Waals surface area (Å²) in [5.41, 5.74) is 0.383. The van der Waals surface area contributed by atoms with Gasteiger partial charge < -0.3 is 4.74 Å². The molecule has 0 aliphatic carbocycles. The fraction of sp³-hybridized carbons (Fsp3) is 0.154. The van der Waals surface area contributed by atoms with Crippen LogP contribution in [0, 0.1) is 0 Å². The molecule has 2 rings (SSSR count). The predicted molar refractivity (Wildman–Crippen MR) is 60.2 cm³/mol. The molecule has 0 bridgehead atoms. The van der Waals surface area contributed by atoms with E-state index in [9.17, 15) is 13.6 Å². The Morgan fingerprint density at radius 2 is 1.76 bits per heavy atom. The molecule has 0 amide bonds. The van der Waals surface area contributed by atoms with Crippen LogP contribution in [0.3, 0.4) is 0 Å². The largest absolute Gasteiger partial charge is 0.465 e. The molecule has 0 heterocycles. The first-order valence-electron chi connectivity index (χ1n) is 5.02. The van der Waals surface area contributed by atoms with Crippen molar-refractivity contribution in [3.8, 4) is 0 Å². The SMILES string of the molecule is COC(=O)c1ccc2cc(C(F)F)ccc2c1. The van der Waals surface area contributed by atoms with E-state index in [0.717, 1.165) is 5.39 Å². The lowest BCUT2D eigenvalue weighted by Crippen LogP contribution is -2.00. The molecule has 0 saturated heterocycles. The van der Waals surface area contributed by atoms with Crippen molar-refractivity contribution in [2.45, 2.75) is 6.43 Å². The van der Waals surface area contributed by atoms with Gasteiger partial charge in [-0.3, -0.25) is 0 Å². The van der Waals surface area contributed by atoms with E-state index in [1.165, 1.54) is 19.2 Å².